The number of hydrogen-bond donors (Lipinski definition) is 0. The molecule has 0 aliphatic rings. The van der Waals surface area contributed by atoms with E-state index in [1.807, 2.05) is 0 Å². The summed E-state index contributed by atoms with van der Waals surface area (Å²) in [4.78, 5) is 46.4. The number of nitrogens with zero attached hydrogens (tertiary/aromatic N) is 3. The van der Waals surface area contributed by atoms with E-state index in [1.165, 1.54) is 6.92 Å². The molecule has 0 aliphatic carbocycles. The van der Waals surface area contributed by atoms with Crippen molar-refractivity contribution in [3.63, 3.8) is 0 Å². The van der Waals surface area contributed by atoms with E-state index in [4.69, 9.17) is 42.1 Å². The normalized spacial score (nSPS) is 12.0. The van der Waals surface area contributed by atoms with E-state index >= 15 is 0 Å². The Morgan fingerprint density at radius 3 is 2.05 bits per heavy atom. The maximum absolute atomic E-state index is 14.3. The predicted octanol–water partition coefficient (Wildman–Crippen LogP) is 10.4. The minimum absolute atomic E-state index is 0.0398. The van der Waals surface area contributed by atoms with Gasteiger partial charge in [-0.1, -0.05) is 23.2 Å². The minimum Gasteiger partial charge on any atom is -0.463 e. The van der Waals surface area contributed by atoms with E-state index in [-0.39, 0.29) is 45.0 Å². The Labute approximate surface area is 330 Å². The van der Waals surface area contributed by atoms with Crippen LogP contribution >= 0.6 is 39.1 Å². The zero-order valence-corrected chi connectivity index (χ0v) is 32.4. The third kappa shape index (κ3) is 11.3. The molecule has 12 nitrogen and oxygen atoms in total. The number of carbonyl (C=O) groups is 3. The highest BCUT2D eigenvalue weighted by Gasteiger charge is 2.39. The molecule has 56 heavy (non-hydrogen) atoms. The van der Waals surface area contributed by atoms with Crippen molar-refractivity contribution in [2.24, 2.45) is 7.05 Å². The molecule has 0 radical (unpaired) electrons. The summed E-state index contributed by atoms with van der Waals surface area (Å²) in [5, 5.41) is 14.4. The largest absolute Gasteiger partial charge is 0.463 e. The van der Waals surface area contributed by atoms with E-state index in [2.05, 4.69) is 21.0 Å². The van der Waals surface area contributed by atoms with Crippen LogP contribution in [0, 0.1) is 15.9 Å². The van der Waals surface area contributed by atoms with Gasteiger partial charge in [0.05, 0.1) is 43.3 Å². The number of carbonyl (C=O) groups excluding carboxylic acids is 3. The van der Waals surface area contributed by atoms with Crippen molar-refractivity contribution in [1.82, 2.24) is 9.78 Å². The van der Waals surface area contributed by atoms with Gasteiger partial charge in [-0.3, -0.25) is 14.8 Å². The van der Waals surface area contributed by atoms with Gasteiger partial charge in [0.2, 0.25) is 0 Å². The number of esters is 3. The Kier molecular flexibility index (Phi) is 14.9. The molecular weight excluding hydrogens is 878 g/mol. The first kappa shape index (κ1) is 45.4. The van der Waals surface area contributed by atoms with Gasteiger partial charge >= 0.3 is 30.3 Å². The third-order valence-electron chi connectivity index (χ3n) is 6.91. The first-order chi connectivity index (χ1) is 25.9. The highest BCUT2D eigenvalue weighted by atomic mass is 79.9. The quantitative estimate of drug-likeness (QED) is 0.0495. The summed E-state index contributed by atoms with van der Waals surface area (Å²) >= 11 is 14.5. The number of rotatable bonds is 10. The lowest BCUT2D eigenvalue weighted by Gasteiger charge is -2.13. The average molecular weight is 905 g/mol. The van der Waals surface area contributed by atoms with Gasteiger partial charge in [0, 0.05) is 24.7 Å². The van der Waals surface area contributed by atoms with Gasteiger partial charge in [-0.25, -0.2) is 18.8 Å². The Bertz CT molecular complexity index is 2150. The number of nitro groups is 1. The molecule has 4 aromatic rings. The molecule has 0 bridgehead atoms. The van der Waals surface area contributed by atoms with E-state index in [1.54, 1.807) is 20.8 Å². The number of alkyl halides is 6. The first-order valence-electron chi connectivity index (χ1n) is 15.6. The zero-order valence-electron chi connectivity index (χ0n) is 29.3. The average Bonchev–Trinajstić information content (AvgIpc) is 3.38. The van der Waals surface area contributed by atoms with Crippen LogP contribution in [0.15, 0.2) is 53.0 Å². The number of aryl methyl sites for hydroxylation is 1. The smallest absolute Gasteiger partial charge is 0.434 e. The van der Waals surface area contributed by atoms with Gasteiger partial charge in [-0.2, -0.15) is 31.4 Å². The number of hydrogen-bond acceptors (Lipinski definition) is 10. The summed E-state index contributed by atoms with van der Waals surface area (Å²) in [7, 11) is 1.08. The third-order valence-corrected chi connectivity index (χ3v) is 8.27. The lowest BCUT2D eigenvalue weighted by atomic mass is 10.1. The van der Waals surface area contributed by atoms with Crippen molar-refractivity contribution < 1.29 is 69.0 Å². The molecular formula is C34H27BrCl2F7N3O9. The highest BCUT2D eigenvalue weighted by molar-refractivity contribution is 9.10. The van der Waals surface area contributed by atoms with Gasteiger partial charge < -0.3 is 18.9 Å². The molecule has 22 heteroatoms. The second-order valence-corrected chi connectivity index (χ2v) is 13.0. The van der Waals surface area contributed by atoms with Crippen LogP contribution in [0.4, 0.5) is 36.4 Å². The summed E-state index contributed by atoms with van der Waals surface area (Å²) < 4.78 is 112. The van der Waals surface area contributed by atoms with Crippen molar-refractivity contribution in [3.05, 3.63) is 101 Å². The van der Waals surface area contributed by atoms with Crippen LogP contribution in [0.3, 0.4) is 0 Å². The first-order valence-corrected chi connectivity index (χ1v) is 17.1. The second-order valence-electron chi connectivity index (χ2n) is 11.4. The molecule has 1 atom stereocenters. The molecule has 0 fully saturated rings. The van der Waals surface area contributed by atoms with Crippen LogP contribution < -0.4 is 4.74 Å². The van der Waals surface area contributed by atoms with Crippen molar-refractivity contribution >= 4 is 62.7 Å². The van der Waals surface area contributed by atoms with E-state index < -0.39 is 80.2 Å². The molecule has 1 unspecified atom stereocenters. The summed E-state index contributed by atoms with van der Waals surface area (Å²) in [5.74, 6) is -4.09. The van der Waals surface area contributed by atoms with E-state index in [0.717, 1.165) is 49.5 Å². The molecule has 0 aliphatic heterocycles. The number of nitro benzene ring substituents is 1. The second kappa shape index (κ2) is 18.3. The van der Waals surface area contributed by atoms with Crippen LogP contribution in [-0.4, -0.2) is 51.4 Å². The maximum atomic E-state index is 14.3. The van der Waals surface area contributed by atoms with Gasteiger partial charge in [-0.15, -0.1) is 0 Å². The molecule has 0 N–H and O–H groups in total. The number of aromatic nitrogens is 2. The fourth-order valence-electron chi connectivity index (χ4n) is 4.46. The lowest BCUT2D eigenvalue weighted by molar-refractivity contribution is -0.385. The zero-order chi connectivity index (χ0) is 42.4. The van der Waals surface area contributed by atoms with Crippen molar-refractivity contribution in [3.8, 4) is 22.8 Å². The van der Waals surface area contributed by atoms with Gasteiger partial charge in [0.15, 0.2) is 11.8 Å². The van der Waals surface area contributed by atoms with Gasteiger partial charge in [0.1, 0.15) is 28.6 Å². The van der Waals surface area contributed by atoms with Crippen molar-refractivity contribution in [2.75, 3.05) is 6.61 Å². The van der Waals surface area contributed by atoms with Gasteiger partial charge in [-0.05, 0) is 80.0 Å². The van der Waals surface area contributed by atoms with Crippen LogP contribution in [0.2, 0.25) is 10.0 Å². The molecule has 4 rings (SSSR count). The number of halogens is 10. The Morgan fingerprint density at radius 2 is 1.54 bits per heavy atom. The van der Waals surface area contributed by atoms with Crippen LogP contribution in [0.1, 0.15) is 59.7 Å². The Hall–Kier alpha value is -4.95. The molecule has 1 aromatic heterocycles. The highest BCUT2D eigenvalue weighted by Crippen LogP contribution is 2.41. The standard InChI is InChI=1S/C19H15ClF3NO7.C15H12BrClF4N2O2/c1-3-29-17(25)10(2)30-18(26)13-9-12(5-6-15(13)24(27)28)31-16-7-4-11(8-14(16)20)19(21,22)23;1-6(2)25-14(24)7-4-8(10(18)5-9(7)17)12-11(16)13(15(19,20)21)23(3)22-12/h4-10H,3H2,1-2H3;4-6H,1-3H3. The summed E-state index contributed by atoms with van der Waals surface area (Å²) in [6.07, 6.45) is -11.1. The molecule has 3 aromatic carbocycles. The lowest BCUT2D eigenvalue weighted by Crippen LogP contribution is -2.26. The summed E-state index contributed by atoms with van der Waals surface area (Å²) in [6.45, 7) is 6.04. The molecule has 1 heterocycles. The predicted molar refractivity (Wildman–Crippen MR) is 188 cm³/mol. The molecule has 0 saturated heterocycles. The number of benzene rings is 3. The SMILES string of the molecule is CC(C)OC(=O)c1cc(-c2nn(C)c(C(F)(F)F)c2Br)c(F)cc1Cl.CCOC(=O)C(C)OC(=O)c1cc(Oc2ccc(C(F)(F)F)cc2Cl)ccc1[N+](=O)[O-]. The van der Waals surface area contributed by atoms with Gasteiger partial charge in [0.25, 0.3) is 5.69 Å². The summed E-state index contributed by atoms with van der Waals surface area (Å²) in [5.41, 5.74) is -4.03. The Morgan fingerprint density at radius 1 is 0.911 bits per heavy atom. The van der Waals surface area contributed by atoms with E-state index in [0.29, 0.717) is 10.7 Å². The van der Waals surface area contributed by atoms with Crippen molar-refractivity contribution in [1.29, 1.82) is 0 Å². The van der Waals surface area contributed by atoms with E-state index in [9.17, 15) is 55.2 Å². The van der Waals surface area contributed by atoms with Crippen LogP contribution in [0.5, 0.6) is 11.5 Å². The van der Waals surface area contributed by atoms with Crippen LogP contribution in [-0.2, 0) is 38.4 Å². The monoisotopic (exact) mass is 903 g/mol. The molecule has 0 spiro atoms. The minimum atomic E-state index is -4.69. The summed E-state index contributed by atoms with van der Waals surface area (Å²) in [6, 6.07) is 7.23. The Balaban J connectivity index is 0.000000307. The maximum Gasteiger partial charge on any atom is 0.434 e. The fourth-order valence-corrected chi connectivity index (χ4v) is 5.68. The molecule has 0 amide bonds. The van der Waals surface area contributed by atoms with Crippen molar-refractivity contribution in [2.45, 2.75) is 52.3 Å². The topological polar surface area (TPSA) is 149 Å². The number of ether oxygens (including phenoxy) is 4. The van der Waals surface area contributed by atoms with Crippen LogP contribution in [0.25, 0.3) is 11.3 Å². The molecule has 0 saturated carbocycles. The fraction of sp³-hybridized carbons (Fsp3) is 0.294. The molecule has 302 valence electrons.